The summed E-state index contributed by atoms with van der Waals surface area (Å²) in [7, 11) is 0. The van der Waals surface area contributed by atoms with Crippen molar-refractivity contribution in [3.05, 3.63) is 0 Å². The lowest BCUT2D eigenvalue weighted by atomic mass is 10.1. The first-order chi connectivity index (χ1) is 6.58. The lowest BCUT2D eigenvalue weighted by molar-refractivity contribution is -0.116. The van der Waals surface area contributed by atoms with Gasteiger partial charge in [-0.1, -0.05) is 0 Å². The molecule has 2 aliphatic rings. The van der Waals surface area contributed by atoms with Crippen LogP contribution in [-0.4, -0.2) is 35.3 Å². The van der Waals surface area contributed by atoms with Crippen molar-refractivity contribution in [2.45, 2.75) is 0 Å². The number of hydrogen-bond donors (Lipinski definition) is 2. The molecule has 0 saturated heterocycles. The molecule has 2 heterocycles. The molecule has 0 radical (unpaired) electrons. The molecule has 8 heteroatoms. The van der Waals surface area contributed by atoms with Crippen molar-refractivity contribution in [3.63, 3.8) is 0 Å². The molecule has 2 N–H and O–H groups in total. The predicted molar refractivity (Wildman–Crippen MR) is 41.9 cm³/mol. The average Bonchev–Trinajstić information content (AvgIpc) is 2.07. The Bertz CT molecular complexity index is 405. The van der Waals surface area contributed by atoms with Crippen molar-refractivity contribution in [2.75, 3.05) is 0 Å². The van der Waals surface area contributed by atoms with E-state index in [9.17, 15) is 19.2 Å². The average molecular weight is 194 g/mol. The first-order valence-corrected chi connectivity index (χ1v) is 3.46. The van der Waals surface area contributed by atoms with Gasteiger partial charge in [0.05, 0.1) is 0 Å². The monoisotopic (exact) mass is 194 g/mol. The topological polar surface area (TPSA) is 117 Å². The number of nitrogens with one attached hydrogen (secondary N) is 2. The van der Waals surface area contributed by atoms with Crippen LogP contribution in [0.4, 0.5) is 9.59 Å². The summed E-state index contributed by atoms with van der Waals surface area (Å²) in [5, 5.41) is 3.58. The van der Waals surface area contributed by atoms with Crippen LogP contribution in [0.15, 0.2) is 9.98 Å². The van der Waals surface area contributed by atoms with Gasteiger partial charge in [0, 0.05) is 0 Å². The van der Waals surface area contributed by atoms with Gasteiger partial charge in [0.1, 0.15) is 0 Å². The number of amides is 6. The summed E-state index contributed by atoms with van der Waals surface area (Å²) in [6.45, 7) is 0. The Balaban J connectivity index is 2.59. The largest absolute Gasteiger partial charge is 0.348 e. The van der Waals surface area contributed by atoms with Crippen LogP contribution in [0.25, 0.3) is 0 Å². The minimum Gasteiger partial charge on any atom is -0.271 e. The highest BCUT2D eigenvalue weighted by molar-refractivity contribution is 6.84. The van der Waals surface area contributed by atoms with Crippen LogP contribution in [0.3, 0.4) is 0 Å². The van der Waals surface area contributed by atoms with Crippen LogP contribution in [-0.2, 0) is 9.59 Å². The number of imide groups is 2. The molecule has 2 rings (SSSR count). The number of fused-ring (bicyclic) bond motifs is 1. The van der Waals surface area contributed by atoms with E-state index in [1.54, 1.807) is 10.6 Å². The number of hydrogen-bond acceptors (Lipinski definition) is 4. The van der Waals surface area contributed by atoms with E-state index in [4.69, 9.17) is 0 Å². The molecule has 0 unspecified atom stereocenters. The fraction of sp³-hybridized carbons (Fsp3) is 0. The molecule has 0 bridgehead atoms. The van der Waals surface area contributed by atoms with Crippen molar-refractivity contribution in [3.8, 4) is 0 Å². The number of urea groups is 2. The van der Waals surface area contributed by atoms with Gasteiger partial charge >= 0.3 is 12.1 Å². The summed E-state index contributed by atoms with van der Waals surface area (Å²) in [6, 6.07) is -1.90. The Morgan fingerprint density at radius 1 is 0.714 bits per heavy atom. The maximum absolute atomic E-state index is 11.1. The summed E-state index contributed by atoms with van der Waals surface area (Å²) in [5.41, 5.74) is -0.864. The molecule has 0 saturated carbocycles. The Morgan fingerprint density at radius 3 is 1.43 bits per heavy atom. The van der Waals surface area contributed by atoms with E-state index in [1.165, 1.54) is 0 Å². The Kier molecular flexibility index (Phi) is 1.50. The van der Waals surface area contributed by atoms with Gasteiger partial charge in [0.15, 0.2) is 11.4 Å². The third-order valence-corrected chi connectivity index (χ3v) is 1.52. The molecule has 70 valence electrons. The molecule has 0 aromatic carbocycles. The summed E-state index contributed by atoms with van der Waals surface area (Å²) in [4.78, 5) is 50.0. The second kappa shape index (κ2) is 2.55. The van der Waals surface area contributed by atoms with Gasteiger partial charge in [0.2, 0.25) is 0 Å². The first-order valence-electron chi connectivity index (χ1n) is 3.46. The number of rotatable bonds is 0. The van der Waals surface area contributed by atoms with Crippen molar-refractivity contribution < 1.29 is 19.2 Å². The van der Waals surface area contributed by atoms with E-state index in [-0.39, 0.29) is 0 Å². The van der Waals surface area contributed by atoms with E-state index < -0.39 is 35.3 Å². The van der Waals surface area contributed by atoms with E-state index in [0.29, 0.717) is 0 Å². The maximum Gasteiger partial charge on any atom is 0.348 e. The Morgan fingerprint density at radius 2 is 1.07 bits per heavy atom. The van der Waals surface area contributed by atoms with Gasteiger partial charge in [-0.2, -0.15) is 9.98 Å². The third kappa shape index (κ3) is 1.09. The molecule has 0 spiro atoms. The van der Waals surface area contributed by atoms with Crippen molar-refractivity contribution in [1.29, 1.82) is 0 Å². The van der Waals surface area contributed by atoms with Gasteiger partial charge in [-0.25, -0.2) is 9.59 Å². The number of nitrogens with zero attached hydrogens (tertiary/aromatic N) is 2. The zero-order valence-corrected chi connectivity index (χ0v) is 6.53. The van der Waals surface area contributed by atoms with Gasteiger partial charge in [-0.3, -0.25) is 20.2 Å². The van der Waals surface area contributed by atoms with Gasteiger partial charge in [-0.15, -0.1) is 0 Å². The zero-order valence-electron chi connectivity index (χ0n) is 6.53. The minimum absolute atomic E-state index is 0.432. The van der Waals surface area contributed by atoms with Gasteiger partial charge in [0.25, 0.3) is 11.8 Å². The summed E-state index contributed by atoms with van der Waals surface area (Å²) < 4.78 is 0. The van der Waals surface area contributed by atoms with Gasteiger partial charge < -0.3 is 0 Å². The molecule has 0 aliphatic carbocycles. The molecule has 14 heavy (non-hydrogen) atoms. The molecule has 8 nitrogen and oxygen atoms in total. The molecule has 6 amide bonds. The van der Waals surface area contributed by atoms with E-state index >= 15 is 0 Å². The zero-order chi connectivity index (χ0) is 10.3. The second-order valence-corrected chi connectivity index (χ2v) is 2.44. The second-order valence-electron chi connectivity index (χ2n) is 2.44. The highest BCUT2D eigenvalue weighted by Gasteiger charge is 2.35. The van der Waals surface area contributed by atoms with Crippen LogP contribution in [0.5, 0.6) is 0 Å². The highest BCUT2D eigenvalue weighted by atomic mass is 16.2. The van der Waals surface area contributed by atoms with Crippen LogP contribution < -0.4 is 10.6 Å². The summed E-state index contributed by atoms with van der Waals surface area (Å²) >= 11 is 0. The summed E-state index contributed by atoms with van der Waals surface area (Å²) in [5.74, 6) is -1.80. The molecule has 2 aliphatic heterocycles. The minimum atomic E-state index is -0.951. The lowest BCUT2D eigenvalue weighted by Crippen LogP contribution is -2.53. The number of carbonyl (C=O) groups is 4. The van der Waals surface area contributed by atoms with Crippen LogP contribution in [0.2, 0.25) is 0 Å². The Hall–Kier alpha value is -2.38. The molecule has 0 aromatic heterocycles. The molecular formula is C6H2N4O4. The van der Waals surface area contributed by atoms with E-state index in [2.05, 4.69) is 9.98 Å². The van der Waals surface area contributed by atoms with Crippen LogP contribution >= 0.6 is 0 Å². The fourth-order valence-corrected chi connectivity index (χ4v) is 0.994. The smallest absolute Gasteiger partial charge is 0.271 e. The predicted octanol–water partition coefficient (Wildman–Crippen LogP) is -1.63. The molecular weight excluding hydrogens is 192 g/mol. The quantitative estimate of drug-likeness (QED) is 0.481. The van der Waals surface area contributed by atoms with Crippen molar-refractivity contribution in [2.24, 2.45) is 9.98 Å². The number of carbonyl (C=O) groups excluding carboxylic acids is 4. The lowest BCUT2D eigenvalue weighted by Gasteiger charge is -2.15. The van der Waals surface area contributed by atoms with Crippen molar-refractivity contribution >= 4 is 35.3 Å². The molecule has 0 fully saturated rings. The molecule has 0 aromatic rings. The maximum atomic E-state index is 11.1. The third-order valence-electron chi connectivity index (χ3n) is 1.52. The highest BCUT2D eigenvalue weighted by Crippen LogP contribution is 2.00. The fourth-order valence-electron chi connectivity index (χ4n) is 0.994. The summed E-state index contributed by atoms with van der Waals surface area (Å²) in [6.07, 6.45) is 0. The van der Waals surface area contributed by atoms with Crippen LogP contribution in [0.1, 0.15) is 0 Å². The van der Waals surface area contributed by atoms with Gasteiger partial charge in [-0.05, 0) is 0 Å². The normalized spacial score (nSPS) is 20.6. The van der Waals surface area contributed by atoms with Crippen molar-refractivity contribution in [1.82, 2.24) is 10.6 Å². The van der Waals surface area contributed by atoms with E-state index in [1.807, 2.05) is 0 Å². The SMILES string of the molecule is O=C1N=C2C(=O)NC(=O)N=C2C(=O)N1. The number of aliphatic imine (C=N–C) groups is 2. The van der Waals surface area contributed by atoms with Crippen LogP contribution in [0, 0.1) is 0 Å². The Labute approximate surface area is 76.1 Å². The van der Waals surface area contributed by atoms with E-state index in [0.717, 1.165) is 0 Å². The molecule has 0 atom stereocenters. The standard InChI is InChI=1S/C6H2N4O4/c11-3-1-2(8-6(14)9-3)4(12)10-5(13)7-1/h(H,9,11,14)(H,10,12,13). The first kappa shape index (κ1) is 8.23.